The molecular formula is C18H18Cl2NO5P. The summed E-state index contributed by atoms with van der Waals surface area (Å²) >= 11 is 11.7. The molecule has 0 radical (unpaired) electrons. The number of hydrogen-bond donors (Lipinski definition) is 0. The second kappa shape index (κ2) is 10.5. The van der Waals surface area contributed by atoms with Crippen LogP contribution in [0.1, 0.15) is 20.7 Å². The van der Waals surface area contributed by atoms with Crippen LogP contribution >= 0.6 is 30.9 Å². The van der Waals surface area contributed by atoms with Gasteiger partial charge in [-0.25, -0.2) is 4.57 Å². The molecular weight excluding hydrogens is 412 g/mol. The molecule has 0 aliphatic carbocycles. The average molecular weight is 430 g/mol. The molecule has 0 fully saturated rings. The van der Waals surface area contributed by atoms with Crippen LogP contribution in [0.2, 0.25) is 0 Å². The third-order valence-corrected chi connectivity index (χ3v) is 5.82. The maximum atomic E-state index is 13.6. The smallest absolute Gasteiger partial charge is 0.404 e. The number of carbonyl (C=O) groups excluding carboxylic acids is 2. The maximum Gasteiger partial charge on any atom is 0.515 e. The van der Waals surface area contributed by atoms with Gasteiger partial charge in [0.05, 0.1) is 0 Å². The van der Waals surface area contributed by atoms with Crippen LogP contribution in [-0.4, -0.2) is 42.1 Å². The van der Waals surface area contributed by atoms with Crippen molar-refractivity contribution in [2.24, 2.45) is 0 Å². The summed E-state index contributed by atoms with van der Waals surface area (Å²) in [6.07, 6.45) is 1.39. The van der Waals surface area contributed by atoms with Gasteiger partial charge < -0.3 is 9.05 Å². The van der Waals surface area contributed by atoms with Crippen LogP contribution in [-0.2, 0) is 4.57 Å². The highest BCUT2D eigenvalue weighted by Gasteiger charge is 2.36. The van der Waals surface area contributed by atoms with Gasteiger partial charge in [0, 0.05) is 36.0 Å². The summed E-state index contributed by atoms with van der Waals surface area (Å²) in [5, 5.41) is 0. The first kappa shape index (κ1) is 21.5. The van der Waals surface area contributed by atoms with E-state index in [0.717, 1.165) is 0 Å². The molecule has 0 aliphatic rings. The molecule has 0 amide bonds. The van der Waals surface area contributed by atoms with E-state index in [-0.39, 0.29) is 36.3 Å². The predicted octanol–water partition coefficient (Wildman–Crippen LogP) is 4.66. The number of rotatable bonds is 11. The van der Waals surface area contributed by atoms with E-state index in [4.69, 9.17) is 32.2 Å². The minimum atomic E-state index is -3.87. The van der Waals surface area contributed by atoms with Crippen LogP contribution in [0.4, 0.5) is 0 Å². The van der Waals surface area contributed by atoms with E-state index in [9.17, 15) is 14.2 Å². The van der Waals surface area contributed by atoms with Gasteiger partial charge in [0.15, 0.2) is 0 Å². The highest BCUT2D eigenvalue weighted by Crippen LogP contribution is 2.51. The number of alkyl halides is 2. The zero-order chi connectivity index (χ0) is 19.7. The normalized spacial score (nSPS) is 11.2. The van der Waals surface area contributed by atoms with E-state index in [1.54, 1.807) is 24.3 Å². The number of halogens is 2. The summed E-state index contributed by atoms with van der Waals surface area (Å²) < 4.78 is 26.4. The number of aldehydes is 2. The Balaban J connectivity index is 2.33. The molecule has 6 nitrogen and oxygen atoms in total. The van der Waals surface area contributed by atoms with Gasteiger partial charge in [-0.05, 0) is 48.5 Å². The number of hydrogen-bond acceptors (Lipinski definition) is 5. The molecule has 0 unspecified atom stereocenters. The van der Waals surface area contributed by atoms with Crippen molar-refractivity contribution in [3.05, 3.63) is 59.7 Å². The zero-order valence-electron chi connectivity index (χ0n) is 14.3. The predicted molar refractivity (Wildman–Crippen MR) is 106 cm³/mol. The standard InChI is InChI=1S/C18H18Cl2NO5P/c19-9-11-21(12-10-20)27(24,25-17-5-1-15(13-22)2-6-17)26-18-7-3-16(14-23)4-8-18/h1-8,13-14H,9-12H2. The van der Waals surface area contributed by atoms with Gasteiger partial charge in [0.25, 0.3) is 0 Å². The molecule has 0 atom stereocenters. The highest BCUT2D eigenvalue weighted by molar-refractivity contribution is 7.52. The lowest BCUT2D eigenvalue weighted by atomic mass is 10.2. The van der Waals surface area contributed by atoms with Crippen LogP contribution in [0.25, 0.3) is 0 Å². The van der Waals surface area contributed by atoms with E-state index < -0.39 is 7.75 Å². The molecule has 0 bridgehead atoms. The van der Waals surface area contributed by atoms with Crippen LogP contribution in [0.15, 0.2) is 48.5 Å². The van der Waals surface area contributed by atoms with Crippen molar-refractivity contribution in [1.82, 2.24) is 4.67 Å². The van der Waals surface area contributed by atoms with Crippen molar-refractivity contribution in [3.8, 4) is 11.5 Å². The van der Waals surface area contributed by atoms with Crippen LogP contribution in [0.3, 0.4) is 0 Å². The summed E-state index contributed by atoms with van der Waals surface area (Å²) in [5.74, 6) is 0.925. The second-order valence-corrected chi connectivity index (χ2v) is 7.98. The topological polar surface area (TPSA) is 72.9 Å². The quantitative estimate of drug-likeness (QED) is 0.294. The molecule has 27 heavy (non-hydrogen) atoms. The SMILES string of the molecule is O=Cc1ccc(OP(=O)(Oc2ccc(C=O)cc2)N(CCCl)CCCl)cc1. The molecule has 0 spiro atoms. The van der Waals surface area contributed by atoms with Crippen LogP contribution in [0.5, 0.6) is 11.5 Å². The fourth-order valence-electron chi connectivity index (χ4n) is 2.17. The lowest BCUT2D eigenvalue weighted by Gasteiger charge is -2.29. The fraction of sp³-hybridized carbons (Fsp3) is 0.222. The van der Waals surface area contributed by atoms with E-state index in [1.165, 1.54) is 28.9 Å². The molecule has 0 aromatic heterocycles. The van der Waals surface area contributed by atoms with E-state index in [0.29, 0.717) is 23.7 Å². The molecule has 9 heteroatoms. The molecule has 0 aliphatic heterocycles. The van der Waals surface area contributed by atoms with Gasteiger partial charge in [-0.15, -0.1) is 23.2 Å². The summed E-state index contributed by atoms with van der Waals surface area (Å²) in [5.41, 5.74) is 0.918. The molecule has 2 aromatic rings. The third-order valence-electron chi connectivity index (χ3n) is 3.51. The minimum absolute atomic E-state index is 0.196. The molecule has 2 aromatic carbocycles. The monoisotopic (exact) mass is 429 g/mol. The van der Waals surface area contributed by atoms with E-state index >= 15 is 0 Å². The minimum Gasteiger partial charge on any atom is -0.404 e. The Morgan fingerprint density at radius 2 is 1.15 bits per heavy atom. The Bertz CT molecular complexity index is 735. The Kier molecular flexibility index (Phi) is 8.32. The first-order valence-corrected chi connectivity index (χ1v) is 10.6. The highest BCUT2D eigenvalue weighted by atomic mass is 35.5. The van der Waals surface area contributed by atoms with Crippen LogP contribution in [0, 0.1) is 0 Å². The summed E-state index contributed by atoms with van der Waals surface area (Å²) in [6.45, 7) is 0.453. The number of nitrogens with zero attached hydrogens (tertiary/aromatic N) is 1. The first-order chi connectivity index (χ1) is 13.0. The molecule has 0 N–H and O–H groups in total. The molecule has 0 saturated carbocycles. The van der Waals surface area contributed by atoms with Gasteiger partial charge in [-0.3, -0.25) is 9.59 Å². The van der Waals surface area contributed by atoms with Gasteiger partial charge in [0.1, 0.15) is 24.1 Å². The molecule has 2 rings (SSSR count). The molecule has 144 valence electrons. The Morgan fingerprint density at radius 3 is 1.44 bits per heavy atom. The Labute approximate surface area is 167 Å². The van der Waals surface area contributed by atoms with Crippen molar-refractivity contribution in [3.63, 3.8) is 0 Å². The average Bonchev–Trinajstić information content (AvgIpc) is 2.69. The lowest BCUT2D eigenvalue weighted by molar-refractivity contribution is 0.111. The van der Waals surface area contributed by atoms with Gasteiger partial charge in [0.2, 0.25) is 0 Å². The molecule has 0 heterocycles. The Morgan fingerprint density at radius 1 is 0.778 bits per heavy atom. The summed E-state index contributed by atoms with van der Waals surface area (Å²) in [6, 6.07) is 12.3. The van der Waals surface area contributed by atoms with Crippen molar-refractivity contribution >= 4 is 43.5 Å². The lowest BCUT2D eigenvalue weighted by Crippen LogP contribution is -2.29. The van der Waals surface area contributed by atoms with Crippen molar-refractivity contribution in [2.45, 2.75) is 0 Å². The van der Waals surface area contributed by atoms with Gasteiger partial charge >= 0.3 is 7.75 Å². The summed E-state index contributed by atoms with van der Waals surface area (Å²) in [4.78, 5) is 21.6. The van der Waals surface area contributed by atoms with E-state index in [2.05, 4.69) is 0 Å². The number of benzene rings is 2. The van der Waals surface area contributed by atoms with Crippen molar-refractivity contribution < 1.29 is 23.2 Å². The van der Waals surface area contributed by atoms with Gasteiger partial charge in [-0.1, -0.05) is 0 Å². The maximum absolute atomic E-state index is 13.6. The number of carbonyl (C=O) groups is 2. The van der Waals surface area contributed by atoms with Crippen molar-refractivity contribution in [2.75, 3.05) is 24.8 Å². The van der Waals surface area contributed by atoms with Gasteiger partial charge in [-0.2, -0.15) is 4.67 Å². The van der Waals surface area contributed by atoms with Crippen LogP contribution < -0.4 is 9.05 Å². The fourth-order valence-corrected chi connectivity index (χ4v) is 4.55. The molecule has 0 saturated heterocycles. The van der Waals surface area contributed by atoms with Crippen molar-refractivity contribution in [1.29, 1.82) is 0 Å². The first-order valence-electron chi connectivity index (χ1n) is 8.01. The second-order valence-electron chi connectivity index (χ2n) is 5.36. The summed E-state index contributed by atoms with van der Waals surface area (Å²) in [7, 11) is -3.87. The largest absolute Gasteiger partial charge is 0.515 e. The van der Waals surface area contributed by atoms with E-state index in [1.807, 2.05) is 0 Å². The zero-order valence-corrected chi connectivity index (χ0v) is 16.7. The Hall–Kier alpha value is -1.85. The third kappa shape index (κ3) is 6.08.